The second-order valence-electron chi connectivity index (χ2n) is 7.61. The Labute approximate surface area is 179 Å². The number of carbonyl (C=O) groups excluding carboxylic acids is 2. The number of aryl methyl sites for hydroxylation is 2. The molecule has 1 aromatic carbocycles. The van der Waals surface area contributed by atoms with Crippen molar-refractivity contribution < 1.29 is 28.6 Å². The monoisotopic (exact) mass is 432 g/mol. The van der Waals surface area contributed by atoms with Gasteiger partial charge in [-0.15, -0.1) is 0 Å². The molecule has 0 fully saturated rings. The van der Waals surface area contributed by atoms with Crippen molar-refractivity contribution in [3.63, 3.8) is 0 Å². The first-order valence-corrected chi connectivity index (χ1v) is 10.0. The molecule has 0 spiro atoms. The molecule has 3 N–H and O–H groups in total. The van der Waals surface area contributed by atoms with Gasteiger partial charge in [0.25, 0.3) is 5.91 Å². The third kappa shape index (κ3) is 5.84. The predicted octanol–water partition coefficient (Wildman–Crippen LogP) is 1.83. The lowest BCUT2D eigenvalue weighted by atomic mass is 9.99. The molecule has 0 saturated carbocycles. The molecule has 9 nitrogen and oxygen atoms in total. The van der Waals surface area contributed by atoms with Gasteiger partial charge in [0.2, 0.25) is 5.91 Å². The quantitative estimate of drug-likeness (QED) is 0.515. The number of rotatable bonds is 9. The van der Waals surface area contributed by atoms with Crippen LogP contribution < -0.4 is 21.0 Å². The van der Waals surface area contributed by atoms with Gasteiger partial charge >= 0.3 is 11.6 Å². The van der Waals surface area contributed by atoms with Crippen LogP contribution in [-0.4, -0.2) is 42.1 Å². The number of ether oxygens (including phenoxy) is 1. The molecule has 31 heavy (non-hydrogen) atoms. The summed E-state index contributed by atoms with van der Waals surface area (Å²) in [6.45, 7) is 8.05. The van der Waals surface area contributed by atoms with Crippen molar-refractivity contribution in [1.29, 1.82) is 0 Å². The topological polar surface area (TPSA) is 135 Å². The molecular weight excluding hydrogens is 404 g/mol. The number of amides is 2. The number of hydrogen-bond acceptors (Lipinski definition) is 6. The van der Waals surface area contributed by atoms with Gasteiger partial charge in [-0.3, -0.25) is 9.59 Å². The summed E-state index contributed by atoms with van der Waals surface area (Å²) in [5.41, 5.74) is 1.89. The Morgan fingerprint density at radius 2 is 1.81 bits per heavy atom. The zero-order valence-electron chi connectivity index (χ0n) is 18.3. The Hall–Kier alpha value is -3.36. The Morgan fingerprint density at radius 1 is 1.13 bits per heavy atom. The largest absolute Gasteiger partial charge is 0.483 e. The lowest BCUT2D eigenvalue weighted by molar-refractivity contribution is -0.143. The Balaban J connectivity index is 2.03. The van der Waals surface area contributed by atoms with Crippen LogP contribution in [0, 0.1) is 26.7 Å². The second-order valence-corrected chi connectivity index (χ2v) is 7.61. The second kappa shape index (κ2) is 10.1. The molecule has 2 amide bonds. The standard InChI is InChI=1S/C22H28N2O7/c1-6-12(3)20(21(27)28)24-17(25)9-23-18(26)10-30-15-7-11(2)8-16-19(15)13(4)14(5)22(29)31-16/h7-8,12,20H,6,9-10H2,1-5H3,(H,23,26)(H,24,25)(H,27,28). The van der Waals surface area contributed by atoms with Gasteiger partial charge in [0.1, 0.15) is 17.4 Å². The first-order valence-electron chi connectivity index (χ1n) is 10.0. The van der Waals surface area contributed by atoms with E-state index in [0.29, 0.717) is 34.3 Å². The van der Waals surface area contributed by atoms with E-state index >= 15 is 0 Å². The highest BCUT2D eigenvalue weighted by atomic mass is 16.5. The van der Waals surface area contributed by atoms with Crippen LogP contribution in [0.15, 0.2) is 21.3 Å². The number of fused-ring (bicyclic) bond motifs is 1. The van der Waals surface area contributed by atoms with E-state index in [0.717, 1.165) is 5.56 Å². The molecular formula is C22H28N2O7. The predicted molar refractivity (Wildman–Crippen MR) is 114 cm³/mol. The first-order chi connectivity index (χ1) is 14.5. The Kier molecular flexibility index (Phi) is 7.79. The average Bonchev–Trinajstić information content (AvgIpc) is 2.71. The summed E-state index contributed by atoms with van der Waals surface area (Å²) in [7, 11) is 0. The fourth-order valence-corrected chi connectivity index (χ4v) is 3.08. The highest BCUT2D eigenvalue weighted by Crippen LogP contribution is 2.30. The minimum absolute atomic E-state index is 0.248. The molecule has 1 heterocycles. The van der Waals surface area contributed by atoms with Gasteiger partial charge in [-0.1, -0.05) is 20.3 Å². The molecule has 0 aliphatic heterocycles. The number of carboxylic acids is 1. The molecule has 2 rings (SSSR count). The van der Waals surface area contributed by atoms with Gasteiger partial charge in [-0.2, -0.15) is 0 Å². The summed E-state index contributed by atoms with van der Waals surface area (Å²) >= 11 is 0. The van der Waals surface area contributed by atoms with E-state index in [1.165, 1.54) is 0 Å². The van der Waals surface area contributed by atoms with Crippen LogP contribution in [0.4, 0.5) is 0 Å². The Bertz CT molecular complexity index is 1060. The number of carboxylic acid groups (broad SMARTS) is 1. The van der Waals surface area contributed by atoms with Crippen LogP contribution in [0.3, 0.4) is 0 Å². The van der Waals surface area contributed by atoms with Gasteiger partial charge in [0.05, 0.1) is 11.9 Å². The van der Waals surface area contributed by atoms with Crippen LogP contribution in [0.2, 0.25) is 0 Å². The van der Waals surface area contributed by atoms with Crippen LogP contribution in [0.25, 0.3) is 11.0 Å². The number of benzene rings is 1. The molecule has 2 aromatic rings. The van der Waals surface area contributed by atoms with Crippen molar-refractivity contribution >= 4 is 28.8 Å². The summed E-state index contributed by atoms with van der Waals surface area (Å²) in [5, 5.41) is 14.7. The van der Waals surface area contributed by atoms with Crippen molar-refractivity contribution in [1.82, 2.24) is 10.6 Å². The fraction of sp³-hybridized carbons (Fsp3) is 0.455. The van der Waals surface area contributed by atoms with Crippen molar-refractivity contribution in [2.24, 2.45) is 5.92 Å². The van der Waals surface area contributed by atoms with E-state index in [9.17, 15) is 24.3 Å². The average molecular weight is 432 g/mol. The number of nitrogens with one attached hydrogen (secondary N) is 2. The van der Waals surface area contributed by atoms with Gasteiger partial charge in [0, 0.05) is 5.56 Å². The molecule has 0 aliphatic rings. The number of carbonyl (C=O) groups is 3. The normalized spacial score (nSPS) is 12.8. The smallest absolute Gasteiger partial charge is 0.339 e. The molecule has 2 atom stereocenters. The van der Waals surface area contributed by atoms with E-state index in [1.807, 2.05) is 13.8 Å². The van der Waals surface area contributed by atoms with E-state index in [2.05, 4.69) is 10.6 Å². The van der Waals surface area contributed by atoms with Crippen LogP contribution in [-0.2, 0) is 14.4 Å². The van der Waals surface area contributed by atoms with Gasteiger partial charge in [-0.05, 0) is 49.9 Å². The van der Waals surface area contributed by atoms with Crippen LogP contribution in [0.5, 0.6) is 5.75 Å². The van der Waals surface area contributed by atoms with E-state index in [-0.39, 0.29) is 19.1 Å². The number of hydrogen-bond donors (Lipinski definition) is 3. The molecule has 0 bridgehead atoms. The van der Waals surface area contributed by atoms with Gasteiger partial charge in [-0.25, -0.2) is 9.59 Å². The Morgan fingerprint density at radius 3 is 2.42 bits per heavy atom. The van der Waals surface area contributed by atoms with Crippen LogP contribution >= 0.6 is 0 Å². The molecule has 9 heteroatoms. The van der Waals surface area contributed by atoms with E-state index < -0.39 is 29.5 Å². The van der Waals surface area contributed by atoms with Crippen molar-refractivity contribution in [3.05, 3.63) is 39.2 Å². The van der Waals surface area contributed by atoms with Crippen molar-refractivity contribution in [2.75, 3.05) is 13.2 Å². The summed E-state index contributed by atoms with van der Waals surface area (Å²) in [5.74, 6) is -2.13. The van der Waals surface area contributed by atoms with Gasteiger partial charge < -0.3 is 24.9 Å². The highest BCUT2D eigenvalue weighted by molar-refractivity contribution is 5.90. The molecule has 1 aromatic heterocycles. The zero-order chi connectivity index (χ0) is 23.3. The maximum atomic E-state index is 12.2. The lowest BCUT2D eigenvalue weighted by Crippen LogP contribution is -2.48. The van der Waals surface area contributed by atoms with Crippen LogP contribution in [0.1, 0.15) is 37.0 Å². The highest BCUT2D eigenvalue weighted by Gasteiger charge is 2.25. The molecule has 168 valence electrons. The molecule has 0 aliphatic carbocycles. The zero-order valence-corrected chi connectivity index (χ0v) is 18.3. The summed E-state index contributed by atoms with van der Waals surface area (Å²) in [6.07, 6.45) is 0.584. The molecule has 0 radical (unpaired) electrons. The minimum Gasteiger partial charge on any atom is -0.483 e. The lowest BCUT2D eigenvalue weighted by Gasteiger charge is -2.20. The summed E-state index contributed by atoms with van der Waals surface area (Å²) in [6, 6.07) is 2.43. The molecule has 2 unspecified atom stereocenters. The third-order valence-corrected chi connectivity index (χ3v) is 5.26. The summed E-state index contributed by atoms with van der Waals surface area (Å²) < 4.78 is 11.0. The first kappa shape index (κ1) is 23.9. The SMILES string of the molecule is CCC(C)C(NC(=O)CNC(=O)COc1cc(C)cc2oc(=O)c(C)c(C)c12)C(=O)O. The fourth-order valence-electron chi connectivity index (χ4n) is 3.08. The van der Waals surface area contributed by atoms with E-state index in [4.69, 9.17) is 9.15 Å². The number of aliphatic carboxylic acids is 1. The minimum atomic E-state index is -1.12. The van der Waals surface area contributed by atoms with Gasteiger partial charge in [0.15, 0.2) is 6.61 Å². The van der Waals surface area contributed by atoms with E-state index in [1.54, 1.807) is 32.9 Å². The van der Waals surface area contributed by atoms with Crippen molar-refractivity contribution in [3.8, 4) is 5.75 Å². The molecule has 0 saturated heterocycles. The maximum Gasteiger partial charge on any atom is 0.339 e. The summed E-state index contributed by atoms with van der Waals surface area (Å²) in [4.78, 5) is 47.4. The van der Waals surface area contributed by atoms with Crippen molar-refractivity contribution in [2.45, 2.75) is 47.1 Å². The third-order valence-electron chi connectivity index (χ3n) is 5.26. The maximum absolute atomic E-state index is 12.2.